The Kier molecular flexibility index (Phi) is 5.68. The summed E-state index contributed by atoms with van der Waals surface area (Å²) in [5.74, 6) is 1.00. The predicted molar refractivity (Wildman–Crippen MR) is 93.9 cm³/mol. The van der Waals surface area contributed by atoms with Crippen LogP contribution in [-0.4, -0.2) is 96.7 Å². The number of piperazine rings is 1. The molecule has 0 spiro atoms. The van der Waals surface area contributed by atoms with Crippen LogP contribution in [-0.2, 0) is 14.2 Å². The molecule has 0 saturated carbocycles. The lowest BCUT2D eigenvalue weighted by Gasteiger charge is -2.44. The second-order valence-electron chi connectivity index (χ2n) is 7.06. The van der Waals surface area contributed by atoms with Crippen molar-refractivity contribution < 1.29 is 24.4 Å². The average molecular weight is 365 g/mol. The molecule has 1 aromatic rings. The van der Waals surface area contributed by atoms with Crippen LogP contribution in [0, 0.1) is 0 Å². The highest BCUT2D eigenvalue weighted by molar-refractivity contribution is 5.38. The quantitative estimate of drug-likeness (QED) is 0.738. The minimum absolute atomic E-state index is 0.321. The number of anilines is 1. The highest BCUT2D eigenvalue weighted by Gasteiger charge is 2.46. The van der Waals surface area contributed by atoms with Gasteiger partial charge in [0.25, 0.3) is 0 Å². The molecule has 4 aliphatic rings. The smallest absolute Gasteiger partial charge is 0.186 e. The molecule has 8 heteroatoms. The Hall–Kier alpha value is -1.29. The average Bonchev–Trinajstić information content (AvgIpc) is 2.82. The van der Waals surface area contributed by atoms with E-state index in [2.05, 4.69) is 14.8 Å². The lowest BCUT2D eigenvalue weighted by molar-refractivity contribution is -0.296. The van der Waals surface area contributed by atoms with Gasteiger partial charge < -0.3 is 29.3 Å². The number of nitrogens with zero attached hydrogens (tertiary/aromatic N) is 3. The zero-order valence-corrected chi connectivity index (χ0v) is 14.8. The second-order valence-corrected chi connectivity index (χ2v) is 7.06. The summed E-state index contributed by atoms with van der Waals surface area (Å²) in [5.41, 5.74) is 0. The van der Waals surface area contributed by atoms with Crippen LogP contribution < -0.4 is 4.90 Å². The van der Waals surface area contributed by atoms with Crippen molar-refractivity contribution in [1.29, 1.82) is 0 Å². The molecular weight excluding hydrogens is 338 g/mol. The maximum atomic E-state index is 10.4. The van der Waals surface area contributed by atoms with Crippen LogP contribution in [0.4, 0.5) is 5.82 Å². The highest BCUT2D eigenvalue weighted by atomic mass is 16.7. The van der Waals surface area contributed by atoms with Gasteiger partial charge in [0.1, 0.15) is 30.2 Å². The fourth-order valence-corrected chi connectivity index (χ4v) is 3.83. The van der Waals surface area contributed by atoms with Crippen LogP contribution in [0.3, 0.4) is 0 Å². The zero-order valence-electron chi connectivity index (χ0n) is 14.8. The number of fused-ring (bicyclic) bond motifs is 6. The van der Waals surface area contributed by atoms with E-state index in [1.165, 1.54) is 0 Å². The lowest BCUT2D eigenvalue weighted by atomic mass is 9.98. The molecule has 2 N–H and O–H groups in total. The third kappa shape index (κ3) is 3.85. The molecule has 5 atom stereocenters. The molecule has 0 radical (unpaired) electrons. The number of aromatic nitrogens is 1. The van der Waals surface area contributed by atoms with Crippen molar-refractivity contribution in [2.24, 2.45) is 0 Å². The minimum Gasteiger partial charge on any atom is -0.387 e. The third-order valence-corrected chi connectivity index (χ3v) is 5.31. The molecule has 4 fully saturated rings. The molecular formula is C18H27N3O5. The van der Waals surface area contributed by atoms with Crippen LogP contribution in [0.1, 0.15) is 6.42 Å². The number of pyridine rings is 1. The van der Waals surface area contributed by atoms with Gasteiger partial charge in [0.2, 0.25) is 0 Å². The van der Waals surface area contributed by atoms with E-state index in [0.29, 0.717) is 19.8 Å². The first-order valence-corrected chi connectivity index (χ1v) is 9.35. The highest BCUT2D eigenvalue weighted by Crippen LogP contribution is 2.27. The van der Waals surface area contributed by atoms with E-state index < -0.39 is 24.6 Å². The number of aliphatic hydroxyl groups excluding tert-OH is 2. The van der Waals surface area contributed by atoms with Gasteiger partial charge in [-0.05, 0) is 18.6 Å². The van der Waals surface area contributed by atoms with E-state index in [0.717, 1.165) is 38.4 Å². The van der Waals surface area contributed by atoms with E-state index in [9.17, 15) is 10.2 Å². The largest absolute Gasteiger partial charge is 0.387 e. The summed E-state index contributed by atoms with van der Waals surface area (Å²) in [6, 6.07) is 5.95. The second kappa shape index (κ2) is 8.16. The number of ether oxygens (including phenoxy) is 3. The first-order valence-electron chi connectivity index (χ1n) is 9.35. The Morgan fingerprint density at radius 2 is 1.85 bits per heavy atom. The van der Waals surface area contributed by atoms with E-state index in [1.54, 1.807) is 0 Å². The first kappa shape index (κ1) is 18.1. The van der Waals surface area contributed by atoms with Crippen molar-refractivity contribution >= 4 is 5.82 Å². The fourth-order valence-electron chi connectivity index (χ4n) is 3.83. The lowest BCUT2D eigenvalue weighted by Crippen LogP contribution is -2.62. The zero-order chi connectivity index (χ0) is 17.9. The Labute approximate surface area is 153 Å². The van der Waals surface area contributed by atoms with Gasteiger partial charge in [-0.2, -0.15) is 0 Å². The molecule has 5 heterocycles. The van der Waals surface area contributed by atoms with Crippen molar-refractivity contribution in [3.05, 3.63) is 24.4 Å². The standard InChI is InChI=1S/C18H27N3O5/c22-15-16(23)18-25-11-3-10-24-17(15)13(26-18)12-20-6-8-21(9-7-20)14-4-1-2-5-19-14/h1-2,4-5,13,15-18,22-23H,3,6-12H2. The molecule has 8 nitrogen and oxygen atoms in total. The summed E-state index contributed by atoms with van der Waals surface area (Å²) in [7, 11) is 0. The third-order valence-electron chi connectivity index (χ3n) is 5.31. The molecule has 4 aliphatic heterocycles. The van der Waals surface area contributed by atoms with Crippen molar-refractivity contribution in [1.82, 2.24) is 9.88 Å². The van der Waals surface area contributed by atoms with Crippen molar-refractivity contribution in [3.8, 4) is 0 Å². The number of hydrogen-bond acceptors (Lipinski definition) is 8. The molecule has 1 aromatic heterocycles. The SMILES string of the molecule is OC1C2OCCCOC(C(CN3CCN(c4ccccn4)CC3)O2)C1O. The first-order chi connectivity index (χ1) is 12.7. The van der Waals surface area contributed by atoms with Gasteiger partial charge in [-0.15, -0.1) is 0 Å². The van der Waals surface area contributed by atoms with Crippen LogP contribution in [0.25, 0.3) is 0 Å². The van der Waals surface area contributed by atoms with Gasteiger partial charge in [-0.25, -0.2) is 4.98 Å². The maximum Gasteiger partial charge on any atom is 0.186 e. The summed E-state index contributed by atoms with van der Waals surface area (Å²) in [5, 5.41) is 20.6. The molecule has 5 rings (SSSR count). The normalized spacial score (nSPS) is 36.4. The molecule has 2 bridgehead atoms. The Bertz CT molecular complexity index is 567. The fraction of sp³-hybridized carbons (Fsp3) is 0.722. The van der Waals surface area contributed by atoms with Gasteiger partial charge in [-0.3, -0.25) is 4.90 Å². The summed E-state index contributed by atoms with van der Waals surface area (Å²) < 4.78 is 17.3. The van der Waals surface area contributed by atoms with Gasteiger partial charge in [-0.1, -0.05) is 6.07 Å². The number of aliphatic hydroxyl groups is 2. The van der Waals surface area contributed by atoms with Gasteiger partial charge in [0, 0.05) is 45.5 Å². The topological polar surface area (TPSA) is 87.5 Å². The monoisotopic (exact) mass is 365 g/mol. The molecule has 0 amide bonds. The van der Waals surface area contributed by atoms with Crippen LogP contribution in [0.5, 0.6) is 0 Å². The molecule has 144 valence electrons. The van der Waals surface area contributed by atoms with Crippen LogP contribution in [0.15, 0.2) is 24.4 Å². The molecule has 0 aromatic carbocycles. The Balaban J connectivity index is 1.36. The summed E-state index contributed by atoms with van der Waals surface area (Å²) in [6.45, 7) is 5.14. The van der Waals surface area contributed by atoms with Gasteiger partial charge >= 0.3 is 0 Å². The molecule has 26 heavy (non-hydrogen) atoms. The van der Waals surface area contributed by atoms with Crippen molar-refractivity contribution in [3.63, 3.8) is 0 Å². The summed E-state index contributed by atoms with van der Waals surface area (Å²) in [4.78, 5) is 8.99. The molecule has 0 aliphatic carbocycles. The molecule has 4 saturated heterocycles. The van der Waals surface area contributed by atoms with E-state index in [4.69, 9.17) is 14.2 Å². The van der Waals surface area contributed by atoms with Crippen molar-refractivity contribution in [2.45, 2.75) is 37.1 Å². The molecule has 5 unspecified atom stereocenters. The van der Waals surface area contributed by atoms with Gasteiger partial charge in [0.15, 0.2) is 6.29 Å². The van der Waals surface area contributed by atoms with E-state index in [1.807, 2.05) is 24.4 Å². The van der Waals surface area contributed by atoms with Gasteiger partial charge in [0.05, 0.1) is 6.61 Å². The predicted octanol–water partition coefficient (Wildman–Crippen LogP) is -0.544. The van der Waals surface area contributed by atoms with Crippen LogP contribution in [0.2, 0.25) is 0 Å². The summed E-state index contributed by atoms with van der Waals surface area (Å²) >= 11 is 0. The van der Waals surface area contributed by atoms with E-state index >= 15 is 0 Å². The summed E-state index contributed by atoms with van der Waals surface area (Å²) in [6.07, 6.45) is -1.17. The minimum atomic E-state index is -1.07. The number of hydrogen-bond donors (Lipinski definition) is 2. The van der Waals surface area contributed by atoms with Crippen LogP contribution >= 0.6 is 0 Å². The van der Waals surface area contributed by atoms with Crippen molar-refractivity contribution in [2.75, 3.05) is 50.8 Å². The maximum absolute atomic E-state index is 10.4. The van der Waals surface area contributed by atoms with E-state index in [-0.39, 0.29) is 6.10 Å². The number of rotatable bonds is 3. The Morgan fingerprint density at radius 1 is 1.04 bits per heavy atom. The Morgan fingerprint density at radius 3 is 2.62 bits per heavy atom.